The molecule has 146 valence electrons. The van der Waals surface area contributed by atoms with Gasteiger partial charge in [0.2, 0.25) is 0 Å². The maximum atomic E-state index is 13.3. The van der Waals surface area contributed by atoms with Crippen LogP contribution in [0.1, 0.15) is 17.0 Å². The van der Waals surface area contributed by atoms with Gasteiger partial charge < -0.3 is 21.5 Å². The van der Waals surface area contributed by atoms with Crippen LogP contribution in [0, 0.1) is 22.5 Å². The summed E-state index contributed by atoms with van der Waals surface area (Å²) in [5.74, 6) is -2.62. The lowest BCUT2D eigenvalue weighted by molar-refractivity contribution is 0.262. The minimum Gasteiger partial charge on any atom is -0.312 e. The number of nitrogens with one attached hydrogen (secondary N) is 4. The van der Waals surface area contributed by atoms with E-state index in [0.717, 1.165) is 17.7 Å². The maximum absolute atomic E-state index is 13.3. The molecule has 2 aromatic carbocycles. The average Bonchev–Trinajstić information content (AvgIpc) is 2.72. The van der Waals surface area contributed by atoms with Gasteiger partial charge in [-0.1, -0.05) is 12.1 Å². The predicted octanol–water partition coefficient (Wildman–Crippen LogP) is 4.81. The van der Waals surface area contributed by atoms with E-state index in [9.17, 15) is 13.6 Å². The fourth-order valence-corrected chi connectivity index (χ4v) is 2.73. The second-order valence-electron chi connectivity index (χ2n) is 6.13. The molecule has 0 saturated carbocycles. The van der Waals surface area contributed by atoms with Gasteiger partial charge in [0.25, 0.3) is 0 Å². The van der Waals surface area contributed by atoms with E-state index in [1.54, 1.807) is 48.8 Å². The number of urea groups is 1. The number of pyridine rings is 1. The molecule has 0 aliphatic rings. The van der Waals surface area contributed by atoms with Crippen LogP contribution in [0.5, 0.6) is 0 Å². The number of anilines is 2. The number of carbonyl (C=O) groups excluding carboxylic acids is 1. The molecule has 1 atom stereocenters. The van der Waals surface area contributed by atoms with Crippen LogP contribution < -0.4 is 10.6 Å². The number of amides is 2. The number of hydrogen-bond acceptors (Lipinski definition) is 4. The zero-order valence-corrected chi connectivity index (χ0v) is 15.1. The first kappa shape index (κ1) is 19.8. The Hall–Kier alpha value is -3.94. The summed E-state index contributed by atoms with van der Waals surface area (Å²) in [6.07, 6.45) is 4.37. The van der Waals surface area contributed by atoms with Crippen LogP contribution in [0.3, 0.4) is 0 Å². The summed E-state index contributed by atoms with van der Waals surface area (Å²) in [6, 6.07) is 12.5. The molecule has 29 heavy (non-hydrogen) atoms. The molecule has 2 amide bonds. The Kier molecular flexibility index (Phi) is 6.03. The summed E-state index contributed by atoms with van der Waals surface area (Å²) in [6.45, 7) is 0. The van der Waals surface area contributed by atoms with Gasteiger partial charge in [0.15, 0.2) is 11.6 Å². The Labute approximate surface area is 165 Å². The minimum absolute atomic E-state index is 0.104. The SMILES string of the molecule is N=CC(C(=N)c1cccc(NC(=O)Nc2ccc(F)c(F)c2)c1)c1ccncc1. The molecule has 1 unspecified atom stereocenters. The van der Waals surface area contributed by atoms with Gasteiger partial charge >= 0.3 is 6.03 Å². The summed E-state index contributed by atoms with van der Waals surface area (Å²) in [7, 11) is 0. The Morgan fingerprint density at radius 2 is 1.66 bits per heavy atom. The molecule has 1 aromatic heterocycles. The Bertz CT molecular complexity index is 1060. The second-order valence-corrected chi connectivity index (χ2v) is 6.13. The van der Waals surface area contributed by atoms with Crippen molar-refractivity contribution in [2.75, 3.05) is 10.6 Å². The highest BCUT2D eigenvalue weighted by molar-refractivity contribution is 6.12. The molecule has 3 aromatic rings. The second kappa shape index (κ2) is 8.83. The highest BCUT2D eigenvalue weighted by atomic mass is 19.2. The van der Waals surface area contributed by atoms with Crippen molar-refractivity contribution in [1.82, 2.24) is 4.98 Å². The summed E-state index contributed by atoms with van der Waals surface area (Å²) in [5, 5.41) is 21.1. The van der Waals surface area contributed by atoms with Crippen LogP contribution in [0.25, 0.3) is 0 Å². The van der Waals surface area contributed by atoms with Gasteiger partial charge in [0.05, 0.1) is 11.6 Å². The molecule has 0 aliphatic carbocycles. The normalized spacial score (nSPS) is 11.4. The van der Waals surface area contributed by atoms with Crippen LogP contribution in [0.4, 0.5) is 25.0 Å². The third-order valence-electron chi connectivity index (χ3n) is 4.15. The van der Waals surface area contributed by atoms with Crippen LogP contribution >= 0.6 is 0 Å². The average molecular weight is 393 g/mol. The smallest absolute Gasteiger partial charge is 0.312 e. The molecule has 0 aliphatic heterocycles. The van der Waals surface area contributed by atoms with Crippen molar-refractivity contribution in [2.45, 2.75) is 5.92 Å². The molecule has 0 saturated heterocycles. The number of halogens is 2. The topological polar surface area (TPSA) is 102 Å². The van der Waals surface area contributed by atoms with Crippen LogP contribution in [-0.4, -0.2) is 22.9 Å². The van der Waals surface area contributed by atoms with E-state index in [-0.39, 0.29) is 11.4 Å². The van der Waals surface area contributed by atoms with Gasteiger partial charge in [-0.2, -0.15) is 0 Å². The standard InChI is InChI=1S/C21H17F2N5O/c22-18-5-4-16(11-19(18)23)28-21(29)27-15-3-1-2-14(10-15)20(25)17(12-24)13-6-8-26-9-7-13/h1-12,17,24-25H,(H2,27,28,29). The van der Waals surface area contributed by atoms with Gasteiger partial charge in [-0.15, -0.1) is 0 Å². The lowest BCUT2D eigenvalue weighted by Crippen LogP contribution is -2.20. The number of hydrogen-bond donors (Lipinski definition) is 4. The quantitative estimate of drug-likeness (QED) is 0.452. The van der Waals surface area contributed by atoms with Crippen molar-refractivity contribution >= 4 is 29.3 Å². The van der Waals surface area contributed by atoms with Gasteiger partial charge in [-0.25, -0.2) is 13.6 Å². The molecule has 3 rings (SSSR count). The van der Waals surface area contributed by atoms with Crippen molar-refractivity contribution < 1.29 is 13.6 Å². The molecular weight excluding hydrogens is 376 g/mol. The molecular formula is C21H17F2N5O. The van der Waals surface area contributed by atoms with E-state index < -0.39 is 23.6 Å². The first-order valence-electron chi connectivity index (χ1n) is 8.60. The highest BCUT2D eigenvalue weighted by Gasteiger charge is 2.17. The molecule has 4 N–H and O–H groups in total. The Morgan fingerprint density at radius 3 is 2.31 bits per heavy atom. The van der Waals surface area contributed by atoms with Crippen LogP contribution in [-0.2, 0) is 0 Å². The van der Waals surface area contributed by atoms with Crippen LogP contribution in [0.2, 0.25) is 0 Å². The predicted molar refractivity (Wildman–Crippen MR) is 108 cm³/mol. The lowest BCUT2D eigenvalue weighted by atomic mass is 9.91. The van der Waals surface area contributed by atoms with E-state index in [2.05, 4.69) is 15.6 Å². The molecule has 0 bridgehead atoms. The maximum Gasteiger partial charge on any atom is 0.323 e. The highest BCUT2D eigenvalue weighted by Crippen LogP contribution is 2.21. The molecule has 1 heterocycles. The lowest BCUT2D eigenvalue weighted by Gasteiger charge is -2.15. The van der Waals surface area contributed by atoms with Crippen molar-refractivity contribution in [3.8, 4) is 0 Å². The van der Waals surface area contributed by atoms with Crippen molar-refractivity contribution in [3.63, 3.8) is 0 Å². The first-order chi connectivity index (χ1) is 14.0. The Balaban J connectivity index is 1.73. The molecule has 0 fully saturated rings. The van der Waals surface area contributed by atoms with E-state index in [1.165, 1.54) is 12.3 Å². The van der Waals surface area contributed by atoms with E-state index in [1.807, 2.05) is 0 Å². The van der Waals surface area contributed by atoms with Gasteiger partial charge in [0.1, 0.15) is 0 Å². The molecule has 6 nitrogen and oxygen atoms in total. The van der Waals surface area contributed by atoms with Crippen molar-refractivity contribution in [2.24, 2.45) is 0 Å². The number of benzene rings is 2. The van der Waals surface area contributed by atoms with Crippen molar-refractivity contribution in [1.29, 1.82) is 10.8 Å². The van der Waals surface area contributed by atoms with Crippen LogP contribution in [0.15, 0.2) is 67.0 Å². The minimum atomic E-state index is -1.06. The number of rotatable bonds is 6. The van der Waals surface area contributed by atoms with E-state index >= 15 is 0 Å². The van der Waals surface area contributed by atoms with Crippen molar-refractivity contribution in [3.05, 3.63) is 89.8 Å². The summed E-state index contributed by atoms with van der Waals surface area (Å²) < 4.78 is 26.2. The fraction of sp³-hybridized carbons (Fsp3) is 0.0476. The number of aromatic nitrogens is 1. The molecule has 8 heteroatoms. The summed E-state index contributed by atoms with van der Waals surface area (Å²) >= 11 is 0. The Morgan fingerprint density at radius 1 is 0.966 bits per heavy atom. The third kappa shape index (κ3) is 4.86. The number of nitrogens with zero attached hydrogens (tertiary/aromatic N) is 1. The monoisotopic (exact) mass is 393 g/mol. The fourth-order valence-electron chi connectivity index (χ4n) is 2.73. The zero-order valence-electron chi connectivity index (χ0n) is 15.1. The zero-order chi connectivity index (χ0) is 20.8. The van der Waals surface area contributed by atoms with E-state index in [0.29, 0.717) is 11.3 Å². The third-order valence-corrected chi connectivity index (χ3v) is 4.15. The molecule has 0 spiro atoms. The van der Waals surface area contributed by atoms with Gasteiger partial charge in [0, 0.05) is 36.0 Å². The van der Waals surface area contributed by atoms with E-state index in [4.69, 9.17) is 10.8 Å². The van der Waals surface area contributed by atoms with Gasteiger partial charge in [-0.3, -0.25) is 4.98 Å². The van der Waals surface area contributed by atoms with Gasteiger partial charge in [-0.05, 0) is 47.5 Å². The summed E-state index contributed by atoms with van der Waals surface area (Å²) in [5.41, 5.74) is 1.99. The molecule has 0 radical (unpaired) electrons. The summed E-state index contributed by atoms with van der Waals surface area (Å²) in [4.78, 5) is 16.1. The first-order valence-corrected chi connectivity index (χ1v) is 8.60. The number of carbonyl (C=O) groups is 1. The largest absolute Gasteiger partial charge is 0.323 e.